The van der Waals surface area contributed by atoms with Crippen molar-refractivity contribution in [3.05, 3.63) is 23.8 Å². The van der Waals surface area contributed by atoms with Crippen LogP contribution in [0, 0.1) is 5.41 Å². The number of nitrogens with zero attached hydrogens (tertiary/aromatic N) is 3. The smallest absolute Gasteiger partial charge is 0.191 e. The number of guanidine groups is 1. The number of methoxy groups -OCH3 is 2. The molecule has 8 heteroatoms. The molecule has 178 valence electrons. The van der Waals surface area contributed by atoms with Gasteiger partial charge in [-0.25, -0.2) is 0 Å². The summed E-state index contributed by atoms with van der Waals surface area (Å²) >= 11 is 0. The third-order valence-corrected chi connectivity index (χ3v) is 5.18. The molecule has 0 aromatic heterocycles. The van der Waals surface area contributed by atoms with Crippen molar-refractivity contribution in [3.8, 4) is 11.5 Å². The van der Waals surface area contributed by atoms with E-state index in [9.17, 15) is 0 Å². The Morgan fingerprint density at radius 2 is 1.84 bits per heavy atom. The van der Waals surface area contributed by atoms with Crippen molar-refractivity contribution in [2.45, 2.75) is 39.8 Å². The fourth-order valence-corrected chi connectivity index (χ4v) is 4.02. The largest absolute Gasteiger partial charge is 0.497 e. The summed E-state index contributed by atoms with van der Waals surface area (Å²) in [4.78, 5) is 9.56. The highest BCUT2D eigenvalue weighted by atomic mass is 127. The Morgan fingerprint density at radius 3 is 2.39 bits per heavy atom. The van der Waals surface area contributed by atoms with Gasteiger partial charge in [0.2, 0.25) is 0 Å². The average Bonchev–Trinajstić information content (AvgIpc) is 3.11. The molecular formula is C23H42IN5O2. The zero-order valence-electron chi connectivity index (χ0n) is 20.3. The van der Waals surface area contributed by atoms with Crippen LogP contribution in [0.3, 0.4) is 0 Å². The first-order valence-corrected chi connectivity index (χ1v) is 10.9. The Hall–Kier alpha value is -1.26. The van der Waals surface area contributed by atoms with Crippen molar-refractivity contribution in [2.24, 2.45) is 10.4 Å². The van der Waals surface area contributed by atoms with E-state index in [1.165, 1.54) is 5.56 Å². The molecule has 1 saturated heterocycles. The second-order valence-electron chi connectivity index (χ2n) is 9.18. The number of halogens is 1. The van der Waals surface area contributed by atoms with Gasteiger partial charge in [-0.05, 0) is 50.6 Å². The molecule has 1 heterocycles. The van der Waals surface area contributed by atoms with E-state index >= 15 is 0 Å². The number of likely N-dealkylation sites (tertiary alicyclic amines) is 1. The molecular weight excluding hydrogens is 505 g/mol. The molecule has 1 aliphatic heterocycles. The number of hydrogen-bond acceptors (Lipinski definition) is 5. The SMILES string of the molecule is CCNC(=NCC(C)(C)CN(C)C)NC1CCN(Cc2cc(OC)cc(OC)c2)C1.I. The van der Waals surface area contributed by atoms with E-state index in [1.807, 2.05) is 6.07 Å². The molecule has 2 rings (SSSR count). The molecule has 31 heavy (non-hydrogen) atoms. The van der Waals surface area contributed by atoms with Crippen LogP contribution >= 0.6 is 24.0 Å². The lowest BCUT2D eigenvalue weighted by Crippen LogP contribution is -2.45. The Morgan fingerprint density at radius 1 is 1.19 bits per heavy atom. The topological polar surface area (TPSA) is 61.4 Å². The predicted octanol–water partition coefficient (Wildman–Crippen LogP) is 3.04. The maximum Gasteiger partial charge on any atom is 0.191 e. The van der Waals surface area contributed by atoms with Crippen LogP contribution in [-0.2, 0) is 6.54 Å². The molecule has 0 amide bonds. The zero-order chi connectivity index (χ0) is 22.1. The van der Waals surface area contributed by atoms with Crippen LogP contribution in [0.4, 0.5) is 0 Å². The van der Waals surface area contributed by atoms with E-state index in [0.717, 1.165) is 63.1 Å². The van der Waals surface area contributed by atoms with Crippen LogP contribution < -0.4 is 20.1 Å². The summed E-state index contributed by atoms with van der Waals surface area (Å²) in [5.74, 6) is 2.58. The van der Waals surface area contributed by atoms with Gasteiger partial charge in [-0.2, -0.15) is 0 Å². The molecule has 0 radical (unpaired) electrons. The normalized spacial score (nSPS) is 17.4. The van der Waals surface area contributed by atoms with Gasteiger partial charge in [0, 0.05) is 51.4 Å². The van der Waals surface area contributed by atoms with Crippen LogP contribution in [0.5, 0.6) is 11.5 Å². The van der Waals surface area contributed by atoms with Gasteiger partial charge in [0.15, 0.2) is 5.96 Å². The van der Waals surface area contributed by atoms with Gasteiger partial charge in [0.05, 0.1) is 14.2 Å². The molecule has 0 spiro atoms. The maximum absolute atomic E-state index is 5.40. The molecule has 2 N–H and O–H groups in total. The second-order valence-corrected chi connectivity index (χ2v) is 9.18. The third kappa shape index (κ3) is 9.82. The van der Waals surface area contributed by atoms with E-state index in [-0.39, 0.29) is 29.4 Å². The minimum atomic E-state index is 0. The summed E-state index contributed by atoms with van der Waals surface area (Å²) in [6.07, 6.45) is 1.10. The fraction of sp³-hybridized carbons (Fsp3) is 0.696. The number of nitrogens with one attached hydrogen (secondary N) is 2. The Labute approximate surface area is 206 Å². The van der Waals surface area contributed by atoms with Gasteiger partial charge in [-0.1, -0.05) is 13.8 Å². The zero-order valence-corrected chi connectivity index (χ0v) is 22.7. The highest BCUT2D eigenvalue weighted by Crippen LogP contribution is 2.24. The molecule has 1 aliphatic rings. The monoisotopic (exact) mass is 547 g/mol. The Kier molecular flexibility index (Phi) is 11.9. The van der Waals surface area contributed by atoms with E-state index in [4.69, 9.17) is 14.5 Å². The summed E-state index contributed by atoms with van der Waals surface area (Å²) in [6, 6.07) is 6.48. The lowest BCUT2D eigenvalue weighted by molar-refractivity contribution is 0.248. The van der Waals surface area contributed by atoms with Crippen LogP contribution in [-0.4, -0.2) is 82.8 Å². The average molecular weight is 548 g/mol. The number of hydrogen-bond donors (Lipinski definition) is 2. The quantitative estimate of drug-likeness (QED) is 0.267. The molecule has 1 fully saturated rings. The third-order valence-electron chi connectivity index (χ3n) is 5.18. The molecule has 7 nitrogen and oxygen atoms in total. The highest BCUT2D eigenvalue weighted by Gasteiger charge is 2.24. The van der Waals surface area contributed by atoms with Crippen molar-refractivity contribution >= 4 is 29.9 Å². The first-order chi connectivity index (χ1) is 14.2. The van der Waals surface area contributed by atoms with Gasteiger partial charge in [-0.3, -0.25) is 9.89 Å². The van der Waals surface area contributed by atoms with E-state index in [0.29, 0.717) is 6.04 Å². The van der Waals surface area contributed by atoms with Crippen molar-refractivity contribution < 1.29 is 9.47 Å². The number of ether oxygens (including phenoxy) is 2. The van der Waals surface area contributed by atoms with Crippen molar-refractivity contribution in [1.82, 2.24) is 20.4 Å². The van der Waals surface area contributed by atoms with Crippen LogP contribution in [0.2, 0.25) is 0 Å². The first-order valence-electron chi connectivity index (χ1n) is 10.9. The molecule has 0 aliphatic carbocycles. The summed E-state index contributed by atoms with van der Waals surface area (Å²) in [7, 11) is 7.60. The molecule has 1 unspecified atom stereocenters. The van der Waals surface area contributed by atoms with Crippen LogP contribution in [0.25, 0.3) is 0 Å². The van der Waals surface area contributed by atoms with Gasteiger partial charge in [0.25, 0.3) is 0 Å². The van der Waals surface area contributed by atoms with Gasteiger partial charge in [-0.15, -0.1) is 24.0 Å². The molecule has 1 aromatic carbocycles. The van der Waals surface area contributed by atoms with Gasteiger partial charge in [0.1, 0.15) is 11.5 Å². The maximum atomic E-state index is 5.40. The van der Waals surface area contributed by atoms with Gasteiger partial charge >= 0.3 is 0 Å². The van der Waals surface area contributed by atoms with Crippen molar-refractivity contribution in [1.29, 1.82) is 0 Å². The minimum Gasteiger partial charge on any atom is -0.497 e. The summed E-state index contributed by atoms with van der Waals surface area (Å²) in [5, 5.41) is 7.04. The fourth-order valence-electron chi connectivity index (χ4n) is 4.02. The first kappa shape index (κ1) is 27.8. The van der Waals surface area contributed by atoms with E-state index in [2.05, 4.69) is 67.4 Å². The number of benzene rings is 1. The Balaban J connectivity index is 0.00000480. The summed E-state index contributed by atoms with van der Waals surface area (Å²) < 4.78 is 10.8. The molecule has 1 atom stereocenters. The van der Waals surface area contributed by atoms with Gasteiger partial charge < -0.3 is 25.0 Å². The minimum absolute atomic E-state index is 0. The standard InChI is InChI=1S/C23H41N5O2.HI/c1-8-24-22(25-16-23(2,3)17-27(4)5)26-19-9-10-28(15-19)14-18-11-20(29-6)13-21(12-18)30-7;/h11-13,19H,8-10,14-17H2,1-7H3,(H2,24,25,26);1H. The lowest BCUT2D eigenvalue weighted by atomic mass is 9.93. The lowest BCUT2D eigenvalue weighted by Gasteiger charge is -2.27. The number of aliphatic imine (C=N–C) groups is 1. The van der Waals surface area contributed by atoms with Crippen LogP contribution in [0.15, 0.2) is 23.2 Å². The summed E-state index contributed by atoms with van der Waals surface area (Å²) in [5.41, 5.74) is 1.34. The van der Waals surface area contributed by atoms with Crippen molar-refractivity contribution in [2.75, 3.05) is 61.0 Å². The highest BCUT2D eigenvalue weighted by molar-refractivity contribution is 14.0. The van der Waals surface area contributed by atoms with Crippen molar-refractivity contribution in [3.63, 3.8) is 0 Å². The van der Waals surface area contributed by atoms with E-state index in [1.54, 1.807) is 14.2 Å². The van der Waals surface area contributed by atoms with Crippen LogP contribution in [0.1, 0.15) is 32.8 Å². The molecule has 1 aromatic rings. The molecule has 0 bridgehead atoms. The number of rotatable bonds is 10. The van der Waals surface area contributed by atoms with E-state index < -0.39 is 0 Å². The second kappa shape index (κ2) is 13.3. The molecule has 0 saturated carbocycles. The Bertz CT molecular complexity index is 674. The predicted molar refractivity (Wildman–Crippen MR) is 140 cm³/mol. The summed E-state index contributed by atoms with van der Waals surface area (Å²) in [6.45, 7) is 12.2.